The van der Waals surface area contributed by atoms with E-state index in [1.54, 1.807) is 0 Å². The molecule has 0 radical (unpaired) electrons. The van der Waals surface area contributed by atoms with E-state index in [1.165, 1.54) is 144 Å². The summed E-state index contributed by atoms with van der Waals surface area (Å²) in [7, 11) is 0. The molecule has 13 rings (SSSR count). The van der Waals surface area contributed by atoms with Crippen LogP contribution in [0.4, 0.5) is 45.5 Å². The molecular formula is C64H66BN3. The molecule has 3 nitrogen and oxygen atoms in total. The molecule has 6 aliphatic rings. The van der Waals surface area contributed by atoms with Crippen LogP contribution in [0.15, 0.2) is 133 Å². The van der Waals surface area contributed by atoms with Gasteiger partial charge in [-0.2, -0.15) is 0 Å². The van der Waals surface area contributed by atoms with Crippen molar-refractivity contribution in [1.82, 2.24) is 0 Å². The van der Waals surface area contributed by atoms with Crippen LogP contribution < -0.4 is 31.1 Å². The number of rotatable bonds is 2. The van der Waals surface area contributed by atoms with Gasteiger partial charge in [-0.05, 0) is 173 Å². The summed E-state index contributed by atoms with van der Waals surface area (Å²) in [5.41, 5.74) is 27.2. The molecule has 1 fully saturated rings. The molecule has 4 atom stereocenters. The fourth-order valence-electron chi connectivity index (χ4n) is 14.7. The van der Waals surface area contributed by atoms with Crippen LogP contribution in [0, 0.1) is 13.8 Å². The molecule has 4 aliphatic heterocycles. The maximum Gasteiger partial charge on any atom is 0.252 e. The van der Waals surface area contributed by atoms with Gasteiger partial charge in [-0.3, -0.25) is 0 Å². The van der Waals surface area contributed by atoms with Gasteiger partial charge in [-0.15, -0.1) is 0 Å². The first-order valence-electron chi connectivity index (χ1n) is 25.8. The minimum atomic E-state index is -0.110. The van der Waals surface area contributed by atoms with Crippen molar-refractivity contribution in [2.75, 3.05) is 14.7 Å². The second-order valence-corrected chi connectivity index (χ2v) is 23.9. The van der Waals surface area contributed by atoms with Crippen molar-refractivity contribution in [3.05, 3.63) is 172 Å². The Morgan fingerprint density at radius 3 is 2.15 bits per heavy atom. The number of para-hydroxylation sites is 2. The minimum absolute atomic E-state index is 0.0127. The van der Waals surface area contributed by atoms with Gasteiger partial charge in [0.1, 0.15) is 0 Å². The van der Waals surface area contributed by atoms with E-state index in [0.717, 1.165) is 6.42 Å². The Hall–Kier alpha value is -6.00. The molecule has 0 amide bonds. The maximum absolute atomic E-state index is 2.85. The summed E-state index contributed by atoms with van der Waals surface area (Å²) in [4.78, 5) is 8.23. The van der Waals surface area contributed by atoms with Crippen molar-refractivity contribution in [3.63, 3.8) is 0 Å². The van der Waals surface area contributed by atoms with E-state index < -0.39 is 0 Å². The number of fused-ring (bicyclic) bond motifs is 12. The molecule has 1 saturated carbocycles. The standard InChI is InChI=1S/C64H66BN3/c1-39-31-40(2)60-51(32-39)63(9)28-16-17-29-64(63,10)68(60)46-35-57-59-58(36-46)67-54-26-25-44(61(4,5)6)34-48(54)43-20-18-19-42(33-43)41(3)47-27-30-62(7,8)50-38-53(56(67)37-49(47)50)65(59)52-23-14-15-24-55(52)66(57)45-21-12-11-13-22-45/h11-15,18-26,31-38,41,47H,16-17,27-30H2,1-10H3. The predicted molar refractivity (Wildman–Crippen MR) is 290 cm³/mol. The summed E-state index contributed by atoms with van der Waals surface area (Å²) < 4.78 is 0. The van der Waals surface area contributed by atoms with Crippen LogP contribution in [0.2, 0.25) is 0 Å². The highest BCUT2D eigenvalue weighted by Crippen LogP contribution is 2.63. The number of hydrogen-bond donors (Lipinski definition) is 0. The minimum Gasteiger partial charge on any atom is -0.334 e. The fourth-order valence-corrected chi connectivity index (χ4v) is 14.7. The van der Waals surface area contributed by atoms with Crippen molar-refractivity contribution >= 4 is 68.6 Å². The molecule has 2 aliphatic carbocycles. The van der Waals surface area contributed by atoms with Crippen LogP contribution in [-0.2, 0) is 16.2 Å². The molecule has 7 aromatic rings. The van der Waals surface area contributed by atoms with Gasteiger partial charge >= 0.3 is 0 Å². The quantitative estimate of drug-likeness (QED) is 0.160. The highest BCUT2D eigenvalue weighted by molar-refractivity contribution is 7.00. The maximum atomic E-state index is 2.85. The zero-order valence-electron chi connectivity index (χ0n) is 42.0. The molecule has 4 unspecified atom stereocenters. The summed E-state index contributed by atoms with van der Waals surface area (Å²) in [6.07, 6.45) is 7.21. The van der Waals surface area contributed by atoms with Crippen LogP contribution in [0.1, 0.15) is 145 Å². The Morgan fingerprint density at radius 1 is 0.603 bits per heavy atom. The van der Waals surface area contributed by atoms with E-state index in [9.17, 15) is 0 Å². The molecule has 340 valence electrons. The largest absolute Gasteiger partial charge is 0.334 e. The van der Waals surface area contributed by atoms with Gasteiger partial charge in [-0.1, -0.05) is 152 Å². The molecule has 0 spiro atoms. The number of anilines is 8. The van der Waals surface area contributed by atoms with E-state index in [2.05, 4.69) is 217 Å². The summed E-state index contributed by atoms with van der Waals surface area (Å²) in [6.45, 7) is 24.5. The van der Waals surface area contributed by atoms with E-state index in [0.29, 0.717) is 11.8 Å². The lowest BCUT2D eigenvalue weighted by Crippen LogP contribution is -2.62. The topological polar surface area (TPSA) is 9.72 Å². The zero-order chi connectivity index (χ0) is 46.8. The summed E-state index contributed by atoms with van der Waals surface area (Å²) in [5.74, 6) is 0.791. The van der Waals surface area contributed by atoms with Crippen molar-refractivity contribution < 1.29 is 0 Å². The summed E-state index contributed by atoms with van der Waals surface area (Å²) in [6, 6.07) is 53.4. The van der Waals surface area contributed by atoms with Crippen molar-refractivity contribution in [3.8, 4) is 11.1 Å². The van der Waals surface area contributed by atoms with Crippen LogP contribution in [0.25, 0.3) is 11.1 Å². The number of benzene rings is 7. The number of hydrogen-bond acceptors (Lipinski definition) is 3. The molecule has 0 saturated heterocycles. The van der Waals surface area contributed by atoms with Crippen LogP contribution in [0.5, 0.6) is 0 Å². The molecular weight excluding hydrogens is 822 g/mol. The van der Waals surface area contributed by atoms with Gasteiger partial charge in [0.2, 0.25) is 0 Å². The van der Waals surface area contributed by atoms with Crippen LogP contribution in [-0.4, -0.2) is 12.3 Å². The Labute approximate surface area is 406 Å². The highest BCUT2D eigenvalue weighted by atomic mass is 15.3. The van der Waals surface area contributed by atoms with E-state index in [-0.39, 0.29) is 28.5 Å². The van der Waals surface area contributed by atoms with Crippen LogP contribution >= 0.6 is 0 Å². The Morgan fingerprint density at radius 2 is 1.35 bits per heavy atom. The van der Waals surface area contributed by atoms with Crippen molar-refractivity contribution in [1.29, 1.82) is 0 Å². The van der Waals surface area contributed by atoms with Gasteiger partial charge in [-0.25, -0.2) is 0 Å². The van der Waals surface area contributed by atoms with Gasteiger partial charge in [0.05, 0.1) is 11.2 Å². The Kier molecular flexibility index (Phi) is 8.85. The lowest BCUT2D eigenvalue weighted by molar-refractivity contribution is 0.195. The first-order chi connectivity index (χ1) is 32.6. The average Bonchev–Trinajstić information content (AvgIpc) is 3.53. The Bertz CT molecular complexity index is 3270. The lowest BCUT2D eigenvalue weighted by atomic mass is 9.33. The monoisotopic (exact) mass is 888 g/mol. The van der Waals surface area contributed by atoms with Crippen LogP contribution in [0.3, 0.4) is 0 Å². The zero-order valence-corrected chi connectivity index (χ0v) is 42.0. The molecule has 4 heteroatoms. The normalized spacial score (nSPS) is 23.5. The molecule has 0 N–H and O–H groups in total. The van der Waals surface area contributed by atoms with Crippen molar-refractivity contribution in [2.24, 2.45) is 0 Å². The van der Waals surface area contributed by atoms with Gasteiger partial charge < -0.3 is 14.7 Å². The summed E-state index contributed by atoms with van der Waals surface area (Å²) >= 11 is 0. The van der Waals surface area contributed by atoms with E-state index >= 15 is 0 Å². The Balaban J connectivity index is 1.20. The lowest BCUT2D eigenvalue weighted by Gasteiger charge is -2.51. The first-order valence-corrected chi connectivity index (χ1v) is 25.8. The predicted octanol–water partition coefficient (Wildman–Crippen LogP) is 15.4. The third-order valence-corrected chi connectivity index (χ3v) is 18.6. The van der Waals surface area contributed by atoms with Gasteiger partial charge in [0.25, 0.3) is 6.71 Å². The summed E-state index contributed by atoms with van der Waals surface area (Å²) in [5, 5.41) is 0. The van der Waals surface area contributed by atoms with E-state index in [1.807, 2.05) is 0 Å². The van der Waals surface area contributed by atoms with Gasteiger partial charge in [0.15, 0.2) is 0 Å². The second-order valence-electron chi connectivity index (χ2n) is 23.9. The van der Waals surface area contributed by atoms with Gasteiger partial charge in [0, 0.05) is 50.8 Å². The fraction of sp³-hybridized carbons (Fsp3) is 0.344. The third-order valence-electron chi connectivity index (χ3n) is 18.6. The van der Waals surface area contributed by atoms with Crippen molar-refractivity contribution in [2.45, 2.75) is 141 Å². The average molecular weight is 888 g/mol. The molecule has 4 heterocycles. The van der Waals surface area contributed by atoms with E-state index in [4.69, 9.17) is 0 Å². The smallest absolute Gasteiger partial charge is 0.252 e. The molecule has 0 aromatic heterocycles. The number of aryl methyl sites for hydroxylation is 2. The molecule has 7 aromatic carbocycles. The second kappa shape index (κ2) is 14.3. The number of nitrogens with zero attached hydrogens (tertiary/aromatic N) is 3. The third kappa shape index (κ3) is 5.67. The molecule has 4 bridgehead atoms. The SMILES string of the molecule is Cc1cc(C)c2c(c1)C1(C)CCCCC1(C)N2c1cc2c3c(c1)N1c4cc5c(cc4B3c3ccccc3N2c2ccccc2)C(C)(C)CCC5C(C)c2cccc(c2)-c2cc(C(C)(C)C)ccc21. The molecule has 68 heavy (non-hydrogen) atoms. The first kappa shape index (κ1) is 42.1. The highest BCUT2D eigenvalue weighted by Gasteiger charge is 2.59.